The van der Waals surface area contributed by atoms with Gasteiger partial charge in [-0.3, -0.25) is 9.79 Å². The lowest BCUT2D eigenvalue weighted by Gasteiger charge is -2.34. The van der Waals surface area contributed by atoms with Gasteiger partial charge in [0.25, 0.3) is 0 Å². The predicted octanol–water partition coefficient (Wildman–Crippen LogP) is 2.09. The summed E-state index contributed by atoms with van der Waals surface area (Å²) < 4.78 is 0. The molecule has 1 amide bonds. The van der Waals surface area contributed by atoms with Crippen molar-refractivity contribution >= 4 is 17.6 Å². The molecule has 1 atom stereocenters. The Hall–Kier alpha value is -2.12. The third kappa shape index (κ3) is 6.71. The largest absolute Gasteiger partial charge is 0.357 e. The average Bonchev–Trinajstić information content (AvgIpc) is 2.77. The minimum Gasteiger partial charge on any atom is -0.357 e. The Balaban J connectivity index is 1.41. The van der Waals surface area contributed by atoms with Crippen LogP contribution in [-0.4, -0.2) is 80.6 Å². The van der Waals surface area contributed by atoms with E-state index in [0.717, 1.165) is 31.2 Å². The first kappa shape index (κ1) is 22.6. The van der Waals surface area contributed by atoms with Crippen LogP contribution in [0.3, 0.4) is 0 Å². The van der Waals surface area contributed by atoms with Gasteiger partial charge < -0.3 is 25.8 Å². The van der Waals surface area contributed by atoms with Crippen molar-refractivity contribution in [1.29, 1.82) is 0 Å². The lowest BCUT2D eigenvalue weighted by Crippen LogP contribution is -2.46. The molecule has 2 heterocycles. The van der Waals surface area contributed by atoms with Gasteiger partial charge >= 0.3 is 0 Å². The molecule has 1 saturated heterocycles. The zero-order chi connectivity index (χ0) is 21.2. The number of piperazine rings is 1. The van der Waals surface area contributed by atoms with E-state index in [0.29, 0.717) is 13.0 Å². The minimum atomic E-state index is 0.0756. The molecule has 30 heavy (non-hydrogen) atoms. The van der Waals surface area contributed by atoms with Gasteiger partial charge in [0.05, 0.1) is 6.54 Å². The summed E-state index contributed by atoms with van der Waals surface area (Å²) in [5, 5.41) is 9.75. The van der Waals surface area contributed by atoms with Crippen LogP contribution >= 0.6 is 0 Å². The van der Waals surface area contributed by atoms with Gasteiger partial charge in [-0.05, 0) is 44.5 Å². The number of rotatable bonds is 9. The van der Waals surface area contributed by atoms with Crippen molar-refractivity contribution in [2.75, 3.05) is 64.2 Å². The monoisotopic (exact) mass is 414 g/mol. The molecule has 3 N–H and O–H groups in total. The lowest BCUT2D eigenvalue weighted by atomic mass is 9.91. The summed E-state index contributed by atoms with van der Waals surface area (Å²) in [5.41, 5.74) is 2.10. The number of carbonyl (C=O) groups is 1. The van der Waals surface area contributed by atoms with E-state index in [1.165, 1.54) is 51.3 Å². The lowest BCUT2D eigenvalue weighted by molar-refractivity contribution is -0.116. The Kier molecular flexibility index (Phi) is 8.96. The van der Waals surface area contributed by atoms with Crippen LogP contribution < -0.4 is 16.0 Å². The Labute approximate surface area is 181 Å². The van der Waals surface area contributed by atoms with Crippen molar-refractivity contribution in [3.63, 3.8) is 0 Å². The molecular formula is C23H38N6O. The normalized spacial score (nSPS) is 20.5. The maximum absolute atomic E-state index is 12.0. The summed E-state index contributed by atoms with van der Waals surface area (Å²) in [4.78, 5) is 21.9. The highest BCUT2D eigenvalue weighted by Gasteiger charge is 2.24. The molecule has 0 radical (unpaired) electrons. The fraction of sp³-hybridized carbons (Fsp3) is 0.652. The molecule has 1 unspecified atom stereocenters. The summed E-state index contributed by atoms with van der Waals surface area (Å²) in [6.07, 6.45) is 2.83. The van der Waals surface area contributed by atoms with E-state index in [2.05, 4.69) is 45.7 Å². The molecule has 7 heteroatoms. The maximum atomic E-state index is 12.0. The number of amides is 1. The van der Waals surface area contributed by atoms with E-state index < -0.39 is 0 Å². The van der Waals surface area contributed by atoms with Crippen LogP contribution in [0, 0.1) is 0 Å². The van der Waals surface area contributed by atoms with E-state index in [1.807, 2.05) is 18.2 Å². The number of aliphatic imine (C=N–C) groups is 1. The van der Waals surface area contributed by atoms with E-state index in [9.17, 15) is 4.79 Å². The molecule has 0 spiro atoms. The minimum absolute atomic E-state index is 0.0756. The number of likely N-dealkylation sites (N-methyl/N-ethyl adjacent to an activating group) is 1. The van der Waals surface area contributed by atoms with Gasteiger partial charge in [-0.1, -0.05) is 25.1 Å². The molecule has 3 rings (SSSR count). The Morgan fingerprint density at radius 2 is 1.87 bits per heavy atom. The van der Waals surface area contributed by atoms with Crippen LogP contribution in [0.15, 0.2) is 29.3 Å². The number of carbonyl (C=O) groups excluding carboxylic acids is 1. The van der Waals surface area contributed by atoms with Crippen LogP contribution in [0.4, 0.5) is 5.69 Å². The van der Waals surface area contributed by atoms with E-state index in [4.69, 9.17) is 4.99 Å². The van der Waals surface area contributed by atoms with Crippen molar-refractivity contribution in [1.82, 2.24) is 20.4 Å². The summed E-state index contributed by atoms with van der Waals surface area (Å²) in [5.74, 6) is 1.05. The SMILES string of the molecule is CCNC(=NCC1CC(=O)Nc2ccccc21)NCCCCN1CCN(CC)CC1. The number of unbranched alkanes of at least 4 members (excludes halogenated alkanes) is 1. The second kappa shape index (κ2) is 11.9. The third-order valence-corrected chi connectivity index (χ3v) is 6.03. The highest BCUT2D eigenvalue weighted by molar-refractivity contribution is 5.94. The van der Waals surface area contributed by atoms with Gasteiger partial charge in [0.15, 0.2) is 5.96 Å². The zero-order valence-electron chi connectivity index (χ0n) is 18.6. The second-order valence-electron chi connectivity index (χ2n) is 8.17. The Bertz CT molecular complexity index is 699. The topological polar surface area (TPSA) is 72.0 Å². The van der Waals surface area contributed by atoms with Gasteiger partial charge in [0.1, 0.15) is 0 Å². The molecule has 0 bridgehead atoms. The number of benzene rings is 1. The number of nitrogens with one attached hydrogen (secondary N) is 3. The predicted molar refractivity (Wildman–Crippen MR) is 124 cm³/mol. The summed E-state index contributed by atoms with van der Waals surface area (Å²) in [7, 11) is 0. The molecular weight excluding hydrogens is 376 g/mol. The zero-order valence-corrected chi connectivity index (χ0v) is 18.6. The maximum Gasteiger partial charge on any atom is 0.225 e. The summed E-state index contributed by atoms with van der Waals surface area (Å²) in [6, 6.07) is 8.04. The van der Waals surface area contributed by atoms with Crippen molar-refractivity contribution in [2.45, 2.75) is 39.0 Å². The first-order chi connectivity index (χ1) is 14.7. The van der Waals surface area contributed by atoms with Gasteiger partial charge in [-0.2, -0.15) is 0 Å². The quantitative estimate of drug-likeness (QED) is 0.328. The van der Waals surface area contributed by atoms with Gasteiger partial charge in [-0.15, -0.1) is 0 Å². The van der Waals surface area contributed by atoms with Crippen LogP contribution in [-0.2, 0) is 4.79 Å². The molecule has 1 aromatic carbocycles. The van der Waals surface area contributed by atoms with Crippen molar-refractivity contribution < 1.29 is 4.79 Å². The number of guanidine groups is 1. The van der Waals surface area contributed by atoms with Crippen LogP contribution in [0.25, 0.3) is 0 Å². The molecule has 1 fully saturated rings. The molecule has 0 aliphatic carbocycles. The number of para-hydroxylation sites is 1. The van der Waals surface area contributed by atoms with E-state index >= 15 is 0 Å². The van der Waals surface area contributed by atoms with Crippen LogP contribution in [0.1, 0.15) is 44.6 Å². The van der Waals surface area contributed by atoms with Gasteiger partial charge in [0.2, 0.25) is 5.91 Å². The van der Waals surface area contributed by atoms with E-state index in [1.54, 1.807) is 0 Å². The highest BCUT2D eigenvalue weighted by atomic mass is 16.1. The van der Waals surface area contributed by atoms with Crippen molar-refractivity contribution in [2.24, 2.45) is 4.99 Å². The molecule has 0 aromatic heterocycles. The first-order valence-electron chi connectivity index (χ1n) is 11.5. The fourth-order valence-corrected chi connectivity index (χ4v) is 4.20. The molecule has 2 aliphatic heterocycles. The molecule has 7 nitrogen and oxygen atoms in total. The first-order valence-corrected chi connectivity index (χ1v) is 11.5. The molecule has 0 saturated carbocycles. The Morgan fingerprint density at radius 3 is 2.63 bits per heavy atom. The number of anilines is 1. The van der Waals surface area contributed by atoms with Gasteiger partial charge in [-0.25, -0.2) is 0 Å². The number of hydrogen-bond acceptors (Lipinski definition) is 4. The smallest absolute Gasteiger partial charge is 0.225 e. The highest BCUT2D eigenvalue weighted by Crippen LogP contribution is 2.31. The summed E-state index contributed by atoms with van der Waals surface area (Å²) >= 11 is 0. The summed E-state index contributed by atoms with van der Waals surface area (Å²) in [6.45, 7) is 13.8. The number of hydrogen-bond donors (Lipinski definition) is 3. The third-order valence-electron chi connectivity index (χ3n) is 6.03. The second-order valence-corrected chi connectivity index (χ2v) is 8.17. The molecule has 1 aromatic rings. The van der Waals surface area contributed by atoms with Crippen molar-refractivity contribution in [3.05, 3.63) is 29.8 Å². The van der Waals surface area contributed by atoms with E-state index in [-0.39, 0.29) is 11.8 Å². The number of nitrogens with zero attached hydrogens (tertiary/aromatic N) is 3. The van der Waals surface area contributed by atoms with Gasteiger partial charge in [0, 0.05) is 57.3 Å². The van der Waals surface area contributed by atoms with Crippen LogP contribution in [0.5, 0.6) is 0 Å². The molecule has 166 valence electrons. The molecule has 2 aliphatic rings. The number of fused-ring (bicyclic) bond motifs is 1. The Morgan fingerprint density at radius 1 is 1.10 bits per heavy atom. The van der Waals surface area contributed by atoms with Crippen molar-refractivity contribution in [3.8, 4) is 0 Å². The fourth-order valence-electron chi connectivity index (χ4n) is 4.20. The average molecular weight is 415 g/mol. The standard InChI is InChI=1S/C23H38N6O/c1-3-24-23(25-11-7-8-12-29-15-13-28(4-2)14-16-29)26-18-19-17-22(30)27-21-10-6-5-9-20(19)21/h5-6,9-10,19H,3-4,7-8,11-18H2,1-2H3,(H,27,30)(H2,24,25,26). The van der Waals surface area contributed by atoms with Crippen LogP contribution in [0.2, 0.25) is 0 Å².